The third-order valence-electron chi connectivity index (χ3n) is 6.09. The molecule has 0 spiro atoms. The Bertz CT molecular complexity index is 887. The molecule has 0 radical (unpaired) electrons. The van der Waals surface area contributed by atoms with Gasteiger partial charge in [0.1, 0.15) is 0 Å². The maximum absolute atomic E-state index is 12.2. The van der Waals surface area contributed by atoms with Gasteiger partial charge in [-0.25, -0.2) is 0 Å². The van der Waals surface area contributed by atoms with Crippen molar-refractivity contribution in [1.29, 1.82) is 0 Å². The molecule has 3 saturated heterocycles. The van der Waals surface area contributed by atoms with Crippen molar-refractivity contribution in [2.45, 2.75) is 19.3 Å². The second kappa shape index (κ2) is 8.33. The molecule has 0 unspecified atom stereocenters. The van der Waals surface area contributed by atoms with Crippen molar-refractivity contribution in [3.63, 3.8) is 0 Å². The van der Waals surface area contributed by atoms with Gasteiger partial charge in [-0.2, -0.15) is 0 Å². The van der Waals surface area contributed by atoms with Crippen molar-refractivity contribution in [3.8, 4) is 0 Å². The number of hydrogen-bond donors (Lipinski definition) is 0. The topological polar surface area (TPSA) is 129 Å². The number of carboxylic acid groups (broad SMARTS) is 3. The normalized spacial score (nSPS) is 18.4. The third-order valence-corrected chi connectivity index (χ3v) is 6.09. The Labute approximate surface area is 174 Å². The van der Waals surface area contributed by atoms with Gasteiger partial charge in [-0.1, -0.05) is 0 Å². The number of benzene rings is 1. The second-order valence-electron chi connectivity index (χ2n) is 8.20. The average Bonchev–Trinajstić information content (AvgIpc) is 3.54. The summed E-state index contributed by atoms with van der Waals surface area (Å²) in [5.41, 5.74) is -0.580. The minimum absolute atomic E-state index is 0.0163. The Kier molecular flexibility index (Phi) is 5.77. The highest BCUT2D eigenvalue weighted by Gasteiger charge is 2.29. The van der Waals surface area contributed by atoms with Crippen LogP contribution < -0.4 is 15.3 Å². The van der Waals surface area contributed by atoms with Crippen LogP contribution in [-0.4, -0.2) is 91.5 Å². The van der Waals surface area contributed by atoms with Crippen molar-refractivity contribution < 1.29 is 29.7 Å². The van der Waals surface area contributed by atoms with Gasteiger partial charge >= 0.3 is 0 Å². The van der Waals surface area contributed by atoms with Crippen molar-refractivity contribution in [2.24, 2.45) is 0 Å². The van der Waals surface area contributed by atoms with E-state index in [1.165, 1.54) is 0 Å². The number of hydrogen-bond acceptors (Lipinski definition) is 9. The van der Waals surface area contributed by atoms with Gasteiger partial charge < -0.3 is 44.4 Å². The lowest BCUT2D eigenvalue weighted by molar-refractivity contribution is -0.260. The van der Waals surface area contributed by atoms with Crippen molar-refractivity contribution in [3.05, 3.63) is 33.4 Å². The number of carboxylic acids is 3. The summed E-state index contributed by atoms with van der Waals surface area (Å²) in [7, 11) is 0. The lowest BCUT2D eigenvalue weighted by Gasteiger charge is -2.28. The van der Waals surface area contributed by atoms with Gasteiger partial charge in [-0.05, 0) is 36.0 Å². The molecule has 0 atom stereocenters. The van der Waals surface area contributed by atoms with Gasteiger partial charge in [-0.3, -0.25) is 0 Å². The lowest BCUT2D eigenvalue weighted by Crippen LogP contribution is -2.37. The summed E-state index contributed by atoms with van der Waals surface area (Å²) in [5, 5.41) is 36.3. The quantitative estimate of drug-likeness (QED) is 0.318. The molecule has 3 heterocycles. The van der Waals surface area contributed by atoms with Gasteiger partial charge in [0.15, 0.2) is 0 Å². The minimum Gasteiger partial charge on any atom is -0.545 e. The Morgan fingerprint density at radius 1 is 0.533 bits per heavy atom. The van der Waals surface area contributed by atoms with Crippen LogP contribution >= 0.6 is 0 Å². The van der Waals surface area contributed by atoms with E-state index in [9.17, 15) is 29.7 Å². The fourth-order valence-corrected chi connectivity index (χ4v) is 4.10. The molecule has 0 aromatic heterocycles. The van der Waals surface area contributed by atoms with E-state index in [1.54, 1.807) is 0 Å². The third kappa shape index (κ3) is 4.63. The molecular weight excluding hydrogens is 390 g/mol. The molecule has 4 rings (SSSR count). The number of aromatic carboxylic acids is 3. The zero-order valence-corrected chi connectivity index (χ0v) is 16.8. The fraction of sp³-hybridized carbons (Fsp3) is 0.571. The highest BCUT2D eigenvalue weighted by molar-refractivity contribution is 6.06. The van der Waals surface area contributed by atoms with Crippen LogP contribution in [0.25, 0.3) is 0 Å². The summed E-state index contributed by atoms with van der Waals surface area (Å²) in [6, 6.07) is 0. The van der Waals surface area contributed by atoms with E-state index in [-0.39, 0.29) is 29.5 Å². The fourth-order valence-electron chi connectivity index (χ4n) is 4.10. The molecule has 0 N–H and O–H groups in total. The van der Waals surface area contributed by atoms with E-state index in [1.807, 2.05) is 4.90 Å². The summed E-state index contributed by atoms with van der Waals surface area (Å²) in [4.78, 5) is 42.5. The van der Waals surface area contributed by atoms with E-state index in [2.05, 4.69) is 9.80 Å². The molecule has 3 aliphatic heterocycles. The summed E-state index contributed by atoms with van der Waals surface area (Å²) in [5.74, 6) is -4.78. The number of nitrogens with zero attached hydrogens (tertiary/aromatic N) is 3. The highest BCUT2D eigenvalue weighted by Crippen LogP contribution is 2.31. The van der Waals surface area contributed by atoms with Crippen LogP contribution in [0, 0.1) is 0 Å². The smallest absolute Gasteiger partial charge is 0.0725 e. The monoisotopic (exact) mass is 414 g/mol. The molecule has 9 heteroatoms. The van der Waals surface area contributed by atoms with Crippen LogP contribution in [0.5, 0.6) is 0 Å². The van der Waals surface area contributed by atoms with Crippen LogP contribution in [0.1, 0.15) is 47.8 Å². The van der Waals surface area contributed by atoms with Gasteiger partial charge in [0.05, 0.1) is 17.9 Å². The minimum atomic E-state index is -1.69. The lowest BCUT2D eigenvalue weighted by atomic mass is 9.82. The van der Waals surface area contributed by atoms with E-state index in [0.29, 0.717) is 31.6 Å². The first-order chi connectivity index (χ1) is 14.4. The Balaban J connectivity index is 1.87. The average molecular weight is 414 g/mol. The molecule has 3 fully saturated rings. The first kappa shape index (κ1) is 20.8. The van der Waals surface area contributed by atoms with Crippen molar-refractivity contribution in [2.75, 3.05) is 58.9 Å². The molecule has 0 bridgehead atoms. The molecule has 1 aromatic carbocycles. The molecule has 0 saturated carbocycles. The Morgan fingerprint density at radius 3 is 1.17 bits per heavy atom. The van der Waals surface area contributed by atoms with Crippen molar-refractivity contribution in [1.82, 2.24) is 14.7 Å². The molecule has 3 aliphatic rings. The summed E-state index contributed by atoms with van der Waals surface area (Å²) in [6.07, 6.45) is 0.671. The molecule has 0 aliphatic carbocycles. The second-order valence-corrected chi connectivity index (χ2v) is 8.20. The zero-order valence-electron chi connectivity index (χ0n) is 16.8. The first-order valence-corrected chi connectivity index (χ1v) is 10.4. The molecule has 30 heavy (non-hydrogen) atoms. The van der Waals surface area contributed by atoms with E-state index in [0.717, 1.165) is 39.3 Å². The zero-order chi connectivity index (χ0) is 21.4. The van der Waals surface area contributed by atoms with Crippen LogP contribution in [0.15, 0.2) is 0 Å². The van der Waals surface area contributed by atoms with Crippen LogP contribution in [-0.2, 0) is 19.3 Å². The van der Waals surface area contributed by atoms with E-state index < -0.39 is 29.0 Å². The molecule has 162 valence electrons. The molecule has 0 amide bonds. The highest BCUT2D eigenvalue weighted by atomic mass is 16.4. The molecule has 9 nitrogen and oxygen atoms in total. The molecule has 1 aromatic rings. The standard InChI is InChI=1S/C21H27N3O6/c25-19(26)16-13(1-4-22-7-8-22)14(2-5-23-9-10-23)17(20(27)28)18(21(29)30)15(16)3-6-24-11-12-24/h1-12H2,(H,25,26)(H,27,28)(H,29,30)/p-3. The summed E-state index contributed by atoms with van der Waals surface area (Å²) in [6.45, 7) is 6.87. The van der Waals surface area contributed by atoms with Crippen molar-refractivity contribution >= 4 is 17.9 Å². The van der Waals surface area contributed by atoms with Gasteiger partial charge in [0.25, 0.3) is 0 Å². The van der Waals surface area contributed by atoms with Crippen LogP contribution in [0.4, 0.5) is 0 Å². The Hall–Kier alpha value is -2.49. The number of rotatable bonds is 12. The van der Waals surface area contributed by atoms with Crippen LogP contribution in [0.3, 0.4) is 0 Å². The van der Waals surface area contributed by atoms with E-state index in [4.69, 9.17) is 0 Å². The van der Waals surface area contributed by atoms with Gasteiger partial charge in [0.2, 0.25) is 0 Å². The van der Waals surface area contributed by atoms with Gasteiger partial charge in [-0.15, -0.1) is 0 Å². The Morgan fingerprint density at radius 2 is 0.833 bits per heavy atom. The summed E-state index contributed by atoms with van der Waals surface area (Å²) < 4.78 is 0. The SMILES string of the molecule is O=C([O-])c1c(CCN2CC2)c(CCN2CC2)c(C(=O)[O-])c(C(=O)[O-])c1CCN1CC1. The predicted molar refractivity (Wildman–Crippen MR) is 99.9 cm³/mol. The maximum Gasteiger partial charge on any atom is 0.0725 e. The number of carbonyl (C=O) groups is 3. The predicted octanol–water partition coefficient (Wildman–Crippen LogP) is -3.65. The largest absolute Gasteiger partial charge is 0.545 e. The maximum atomic E-state index is 12.2. The van der Waals surface area contributed by atoms with Gasteiger partial charge in [0, 0.05) is 75.6 Å². The number of carbonyl (C=O) groups excluding carboxylic acids is 3. The molecular formula is C21H24N3O6-3. The summed E-state index contributed by atoms with van der Waals surface area (Å²) >= 11 is 0. The first-order valence-electron chi connectivity index (χ1n) is 10.4. The van der Waals surface area contributed by atoms with E-state index >= 15 is 0 Å². The van der Waals surface area contributed by atoms with Crippen LogP contribution in [0.2, 0.25) is 0 Å².